The standard InChI is InChI=1S/C16H15NO4/c1-20-14-5-3-4-13(15(14)21-2)16(19)17-12-8-6-11(10-18)7-9-12/h3-10H,1-2H3,(H,17,19). The third kappa shape index (κ3) is 3.20. The smallest absolute Gasteiger partial charge is 0.259 e. The van der Waals surface area contributed by atoms with Crippen molar-refractivity contribution in [1.29, 1.82) is 0 Å². The van der Waals surface area contributed by atoms with Gasteiger partial charge >= 0.3 is 0 Å². The topological polar surface area (TPSA) is 64.6 Å². The van der Waals surface area contributed by atoms with Crippen LogP contribution in [0.25, 0.3) is 0 Å². The lowest BCUT2D eigenvalue weighted by molar-refractivity contribution is 0.102. The second-order valence-electron chi connectivity index (χ2n) is 4.24. The Kier molecular flexibility index (Phi) is 4.56. The van der Waals surface area contributed by atoms with Crippen LogP contribution in [0.3, 0.4) is 0 Å². The van der Waals surface area contributed by atoms with Crippen LogP contribution in [0.4, 0.5) is 5.69 Å². The highest BCUT2D eigenvalue weighted by Gasteiger charge is 2.16. The molecule has 0 spiro atoms. The minimum atomic E-state index is -0.315. The minimum absolute atomic E-state index is 0.315. The predicted molar refractivity (Wildman–Crippen MR) is 79.3 cm³/mol. The van der Waals surface area contributed by atoms with E-state index in [0.717, 1.165) is 6.29 Å². The van der Waals surface area contributed by atoms with Crippen molar-refractivity contribution in [1.82, 2.24) is 0 Å². The van der Waals surface area contributed by atoms with Crippen LogP contribution in [-0.2, 0) is 0 Å². The number of anilines is 1. The van der Waals surface area contributed by atoms with E-state index in [1.807, 2.05) is 0 Å². The number of carbonyl (C=O) groups excluding carboxylic acids is 2. The van der Waals surface area contributed by atoms with Crippen molar-refractivity contribution in [3.8, 4) is 11.5 Å². The second-order valence-corrected chi connectivity index (χ2v) is 4.24. The fourth-order valence-corrected chi connectivity index (χ4v) is 1.91. The second kappa shape index (κ2) is 6.56. The Hall–Kier alpha value is -2.82. The van der Waals surface area contributed by atoms with Crippen molar-refractivity contribution in [2.45, 2.75) is 0 Å². The predicted octanol–water partition coefficient (Wildman–Crippen LogP) is 2.77. The summed E-state index contributed by atoms with van der Waals surface area (Å²) in [6.07, 6.45) is 0.747. The molecule has 5 nitrogen and oxygen atoms in total. The highest BCUT2D eigenvalue weighted by atomic mass is 16.5. The van der Waals surface area contributed by atoms with Gasteiger partial charge in [-0.2, -0.15) is 0 Å². The molecule has 5 heteroatoms. The van der Waals surface area contributed by atoms with Gasteiger partial charge < -0.3 is 14.8 Å². The molecule has 0 bridgehead atoms. The maximum absolute atomic E-state index is 12.3. The first-order chi connectivity index (χ1) is 10.2. The van der Waals surface area contributed by atoms with E-state index in [0.29, 0.717) is 28.3 Å². The Morgan fingerprint density at radius 2 is 1.76 bits per heavy atom. The van der Waals surface area contributed by atoms with Crippen molar-refractivity contribution in [3.63, 3.8) is 0 Å². The van der Waals surface area contributed by atoms with Gasteiger partial charge in [-0.3, -0.25) is 9.59 Å². The van der Waals surface area contributed by atoms with Gasteiger partial charge in [-0.25, -0.2) is 0 Å². The molecule has 0 unspecified atom stereocenters. The normalized spacial score (nSPS) is 9.81. The van der Waals surface area contributed by atoms with Crippen LogP contribution in [0.15, 0.2) is 42.5 Å². The molecule has 2 rings (SSSR count). The number of hydrogen-bond donors (Lipinski definition) is 1. The molecular formula is C16H15NO4. The number of aldehydes is 1. The monoisotopic (exact) mass is 285 g/mol. The van der Waals surface area contributed by atoms with Crippen LogP contribution in [-0.4, -0.2) is 26.4 Å². The zero-order valence-electron chi connectivity index (χ0n) is 11.8. The summed E-state index contributed by atoms with van der Waals surface area (Å²) in [5.74, 6) is 0.549. The molecule has 108 valence electrons. The number of benzene rings is 2. The quantitative estimate of drug-likeness (QED) is 0.858. The molecule has 0 aliphatic rings. The van der Waals surface area contributed by atoms with E-state index in [2.05, 4.69) is 5.32 Å². The number of nitrogens with one attached hydrogen (secondary N) is 1. The lowest BCUT2D eigenvalue weighted by atomic mass is 10.1. The molecule has 0 saturated heterocycles. The van der Waals surface area contributed by atoms with Gasteiger partial charge in [0.05, 0.1) is 19.8 Å². The molecule has 0 saturated carbocycles. The number of methoxy groups -OCH3 is 2. The van der Waals surface area contributed by atoms with E-state index in [1.165, 1.54) is 14.2 Å². The fraction of sp³-hybridized carbons (Fsp3) is 0.125. The van der Waals surface area contributed by atoms with Gasteiger partial charge in [0, 0.05) is 11.3 Å². The summed E-state index contributed by atoms with van der Waals surface area (Å²) < 4.78 is 10.4. The first kappa shape index (κ1) is 14.6. The van der Waals surface area contributed by atoms with Gasteiger partial charge in [0.25, 0.3) is 5.91 Å². The van der Waals surface area contributed by atoms with Crippen molar-refractivity contribution in [2.75, 3.05) is 19.5 Å². The van der Waals surface area contributed by atoms with E-state index in [4.69, 9.17) is 9.47 Å². The third-order valence-electron chi connectivity index (χ3n) is 2.95. The summed E-state index contributed by atoms with van der Waals surface area (Å²) in [5.41, 5.74) is 1.51. The molecule has 2 aromatic carbocycles. The lowest BCUT2D eigenvalue weighted by Crippen LogP contribution is -2.13. The van der Waals surface area contributed by atoms with E-state index in [-0.39, 0.29) is 5.91 Å². The zero-order chi connectivity index (χ0) is 15.2. The van der Waals surface area contributed by atoms with Gasteiger partial charge in [0.1, 0.15) is 6.29 Å². The van der Waals surface area contributed by atoms with Crippen LogP contribution in [0.1, 0.15) is 20.7 Å². The number of ether oxygens (including phenoxy) is 2. The molecule has 2 aromatic rings. The zero-order valence-corrected chi connectivity index (χ0v) is 11.8. The summed E-state index contributed by atoms with van der Waals surface area (Å²) in [4.78, 5) is 22.9. The molecule has 1 amide bonds. The molecule has 0 aromatic heterocycles. The van der Waals surface area contributed by atoms with Crippen LogP contribution in [0.5, 0.6) is 11.5 Å². The first-order valence-electron chi connectivity index (χ1n) is 6.27. The average molecular weight is 285 g/mol. The van der Waals surface area contributed by atoms with Gasteiger partial charge in [-0.15, -0.1) is 0 Å². The van der Waals surface area contributed by atoms with Crippen molar-refractivity contribution in [3.05, 3.63) is 53.6 Å². The third-order valence-corrected chi connectivity index (χ3v) is 2.95. The maximum Gasteiger partial charge on any atom is 0.259 e. The van der Waals surface area contributed by atoms with Crippen molar-refractivity contribution in [2.24, 2.45) is 0 Å². The first-order valence-corrected chi connectivity index (χ1v) is 6.27. The van der Waals surface area contributed by atoms with Gasteiger partial charge in [0.2, 0.25) is 0 Å². The molecule has 0 heterocycles. The Morgan fingerprint density at radius 1 is 1.05 bits per heavy atom. The molecule has 0 fully saturated rings. The van der Waals surface area contributed by atoms with Gasteiger partial charge in [-0.05, 0) is 36.4 Å². The molecular weight excluding hydrogens is 270 g/mol. The van der Waals surface area contributed by atoms with E-state index >= 15 is 0 Å². The summed E-state index contributed by atoms with van der Waals surface area (Å²) in [7, 11) is 2.99. The molecule has 0 aliphatic carbocycles. The summed E-state index contributed by atoms with van der Waals surface area (Å²) in [6, 6.07) is 11.7. The van der Waals surface area contributed by atoms with E-state index < -0.39 is 0 Å². The Balaban J connectivity index is 2.25. The van der Waals surface area contributed by atoms with Crippen LogP contribution < -0.4 is 14.8 Å². The van der Waals surface area contributed by atoms with E-state index in [1.54, 1.807) is 42.5 Å². The Labute approximate surface area is 122 Å². The molecule has 0 aliphatic heterocycles. The fourth-order valence-electron chi connectivity index (χ4n) is 1.91. The Morgan fingerprint density at radius 3 is 2.33 bits per heavy atom. The SMILES string of the molecule is COc1cccc(C(=O)Nc2ccc(C=O)cc2)c1OC. The number of hydrogen-bond acceptors (Lipinski definition) is 4. The van der Waals surface area contributed by atoms with Crippen molar-refractivity contribution < 1.29 is 19.1 Å². The molecule has 0 radical (unpaired) electrons. The Bertz CT molecular complexity index is 650. The van der Waals surface area contributed by atoms with Crippen LogP contribution in [0.2, 0.25) is 0 Å². The molecule has 1 N–H and O–H groups in total. The van der Waals surface area contributed by atoms with Crippen LogP contribution >= 0.6 is 0 Å². The number of para-hydroxylation sites is 1. The maximum atomic E-state index is 12.3. The molecule has 0 atom stereocenters. The van der Waals surface area contributed by atoms with E-state index in [9.17, 15) is 9.59 Å². The van der Waals surface area contributed by atoms with Gasteiger partial charge in [0.15, 0.2) is 11.5 Å². The van der Waals surface area contributed by atoms with Crippen molar-refractivity contribution >= 4 is 17.9 Å². The highest BCUT2D eigenvalue weighted by Crippen LogP contribution is 2.31. The number of carbonyl (C=O) groups is 2. The number of rotatable bonds is 5. The molecule has 21 heavy (non-hydrogen) atoms. The largest absolute Gasteiger partial charge is 0.493 e. The average Bonchev–Trinajstić information content (AvgIpc) is 2.54. The number of amides is 1. The summed E-state index contributed by atoms with van der Waals surface area (Å²) >= 11 is 0. The summed E-state index contributed by atoms with van der Waals surface area (Å²) in [5, 5.41) is 2.75. The van der Waals surface area contributed by atoms with Crippen LogP contribution in [0, 0.1) is 0 Å². The lowest BCUT2D eigenvalue weighted by Gasteiger charge is -2.12. The highest BCUT2D eigenvalue weighted by molar-refractivity contribution is 6.06. The minimum Gasteiger partial charge on any atom is -0.493 e. The summed E-state index contributed by atoms with van der Waals surface area (Å²) in [6.45, 7) is 0. The van der Waals surface area contributed by atoms with Gasteiger partial charge in [-0.1, -0.05) is 6.07 Å².